The van der Waals surface area contributed by atoms with Gasteiger partial charge in [0.05, 0.1) is 6.10 Å². The lowest BCUT2D eigenvalue weighted by Crippen LogP contribution is -2.11. The second-order valence-electron chi connectivity index (χ2n) is 9.42. The molecule has 0 bridgehead atoms. The van der Waals surface area contributed by atoms with Crippen molar-refractivity contribution in [3.05, 3.63) is 29.8 Å². The Labute approximate surface area is 189 Å². The molecule has 1 heteroatoms. The van der Waals surface area contributed by atoms with Crippen LogP contribution in [-0.4, -0.2) is 6.10 Å². The fraction of sp³-hybridized carbons (Fsp3) is 0.793. The van der Waals surface area contributed by atoms with Crippen molar-refractivity contribution in [2.45, 2.75) is 149 Å². The molecule has 1 atom stereocenters. The van der Waals surface area contributed by atoms with E-state index in [1.54, 1.807) is 0 Å². The number of hydrogen-bond donors (Lipinski definition) is 0. The predicted molar refractivity (Wildman–Crippen MR) is 135 cm³/mol. The van der Waals surface area contributed by atoms with Gasteiger partial charge in [-0.1, -0.05) is 122 Å². The minimum Gasteiger partial charge on any atom is -0.491 e. The van der Waals surface area contributed by atoms with E-state index in [0.29, 0.717) is 6.10 Å². The summed E-state index contributed by atoms with van der Waals surface area (Å²) in [7, 11) is 0. The first-order valence-corrected chi connectivity index (χ1v) is 13.5. The second-order valence-corrected chi connectivity index (χ2v) is 9.42. The van der Waals surface area contributed by atoms with Gasteiger partial charge in [-0.3, -0.25) is 0 Å². The third-order valence-electron chi connectivity index (χ3n) is 6.27. The maximum Gasteiger partial charge on any atom is 0.119 e. The van der Waals surface area contributed by atoms with Crippen LogP contribution in [0.2, 0.25) is 0 Å². The van der Waals surface area contributed by atoms with Gasteiger partial charge in [-0.25, -0.2) is 0 Å². The third-order valence-corrected chi connectivity index (χ3v) is 6.27. The van der Waals surface area contributed by atoms with Crippen LogP contribution in [0.4, 0.5) is 0 Å². The standard InChI is InChI=1S/C29H52O/c1-4-6-8-10-11-12-13-14-15-16-17-18-20-23-28-24-21-25-29(26-28)30-27(3)22-19-9-7-5-2/h21,24-27H,4-20,22-23H2,1-3H3. The zero-order chi connectivity index (χ0) is 21.7. The highest BCUT2D eigenvalue weighted by Gasteiger charge is 2.05. The molecule has 0 radical (unpaired) electrons. The molecule has 0 saturated heterocycles. The van der Waals surface area contributed by atoms with Crippen LogP contribution in [0.15, 0.2) is 24.3 Å². The molecule has 0 aromatic heterocycles. The summed E-state index contributed by atoms with van der Waals surface area (Å²) >= 11 is 0. The van der Waals surface area contributed by atoms with Crippen LogP contribution >= 0.6 is 0 Å². The van der Waals surface area contributed by atoms with Gasteiger partial charge in [0.15, 0.2) is 0 Å². The minimum absolute atomic E-state index is 0.327. The van der Waals surface area contributed by atoms with Gasteiger partial charge >= 0.3 is 0 Å². The van der Waals surface area contributed by atoms with E-state index in [0.717, 1.165) is 5.75 Å². The lowest BCUT2D eigenvalue weighted by Gasteiger charge is -2.15. The quantitative estimate of drug-likeness (QED) is 0.181. The molecule has 0 aliphatic heterocycles. The molecule has 1 nitrogen and oxygen atoms in total. The Kier molecular flexibility index (Phi) is 18.0. The largest absolute Gasteiger partial charge is 0.491 e. The van der Waals surface area contributed by atoms with E-state index in [4.69, 9.17) is 4.74 Å². The lowest BCUT2D eigenvalue weighted by atomic mass is 10.0. The second kappa shape index (κ2) is 20.0. The maximum atomic E-state index is 6.15. The number of unbranched alkanes of at least 4 members (excludes halogenated alkanes) is 15. The summed E-state index contributed by atoms with van der Waals surface area (Å²) in [6.07, 6.45) is 26.4. The summed E-state index contributed by atoms with van der Waals surface area (Å²) in [5.41, 5.74) is 1.44. The first kappa shape index (κ1) is 27.1. The summed E-state index contributed by atoms with van der Waals surface area (Å²) in [5.74, 6) is 1.06. The molecular weight excluding hydrogens is 364 g/mol. The van der Waals surface area contributed by atoms with E-state index in [1.807, 2.05) is 0 Å². The molecule has 1 unspecified atom stereocenters. The topological polar surface area (TPSA) is 9.23 Å². The van der Waals surface area contributed by atoms with Crippen LogP contribution in [0.5, 0.6) is 5.75 Å². The molecule has 30 heavy (non-hydrogen) atoms. The van der Waals surface area contributed by atoms with Crippen molar-refractivity contribution in [1.29, 1.82) is 0 Å². The minimum atomic E-state index is 0.327. The summed E-state index contributed by atoms with van der Waals surface area (Å²) in [4.78, 5) is 0. The Morgan fingerprint density at radius 3 is 1.70 bits per heavy atom. The van der Waals surface area contributed by atoms with E-state index < -0.39 is 0 Å². The fourth-order valence-corrected chi connectivity index (χ4v) is 4.27. The van der Waals surface area contributed by atoms with Gasteiger partial charge in [0.1, 0.15) is 5.75 Å². The summed E-state index contributed by atoms with van der Waals surface area (Å²) in [6.45, 7) is 6.77. The molecule has 0 fully saturated rings. The highest BCUT2D eigenvalue weighted by atomic mass is 16.5. The van der Waals surface area contributed by atoms with Crippen LogP contribution in [0.1, 0.15) is 142 Å². The molecule has 0 heterocycles. The Morgan fingerprint density at radius 1 is 0.633 bits per heavy atom. The molecule has 0 spiro atoms. The lowest BCUT2D eigenvalue weighted by molar-refractivity contribution is 0.206. The van der Waals surface area contributed by atoms with Gasteiger partial charge < -0.3 is 4.74 Å². The van der Waals surface area contributed by atoms with Crippen molar-refractivity contribution < 1.29 is 4.74 Å². The molecule has 1 rings (SSSR count). The molecule has 1 aromatic carbocycles. The Balaban J connectivity index is 2.01. The average Bonchev–Trinajstić information content (AvgIpc) is 2.75. The average molecular weight is 417 g/mol. The molecule has 1 aromatic rings. The molecule has 174 valence electrons. The van der Waals surface area contributed by atoms with Crippen LogP contribution in [0.25, 0.3) is 0 Å². The zero-order valence-electron chi connectivity index (χ0n) is 20.7. The first-order valence-electron chi connectivity index (χ1n) is 13.5. The van der Waals surface area contributed by atoms with Crippen molar-refractivity contribution >= 4 is 0 Å². The number of aryl methyl sites for hydroxylation is 1. The van der Waals surface area contributed by atoms with Crippen LogP contribution < -0.4 is 4.74 Å². The Morgan fingerprint density at radius 2 is 1.13 bits per heavy atom. The summed E-state index contributed by atoms with van der Waals surface area (Å²) in [6, 6.07) is 8.81. The SMILES string of the molecule is CCCCCCCCCCCCCCCc1cccc(OC(C)CCCCCC)c1. The van der Waals surface area contributed by atoms with E-state index in [9.17, 15) is 0 Å². The number of hydrogen-bond acceptors (Lipinski definition) is 1. The summed E-state index contributed by atoms with van der Waals surface area (Å²) < 4.78 is 6.15. The monoisotopic (exact) mass is 416 g/mol. The van der Waals surface area contributed by atoms with E-state index in [2.05, 4.69) is 45.0 Å². The molecule has 0 N–H and O–H groups in total. The van der Waals surface area contributed by atoms with Gasteiger partial charge in [0.2, 0.25) is 0 Å². The van der Waals surface area contributed by atoms with E-state index in [-0.39, 0.29) is 0 Å². The normalized spacial score (nSPS) is 12.2. The van der Waals surface area contributed by atoms with Crippen LogP contribution in [0.3, 0.4) is 0 Å². The van der Waals surface area contributed by atoms with E-state index >= 15 is 0 Å². The van der Waals surface area contributed by atoms with Crippen molar-refractivity contribution in [3.63, 3.8) is 0 Å². The van der Waals surface area contributed by atoms with Crippen LogP contribution in [0, 0.1) is 0 Å². The van der Waals surface area contributed by atoms with Gasteiger partial charge in [-0.15, -0.1) is 0 Å². The Bertz CT molecular complexity index is 481. The zero-order valence-corrected chi connectivity index (χ0v) is 20.7. The Hall–Kier alpha value is -0.980. The number of benzene rings is 1. The van der Waals surface area contributed by atoms with Crippen LogP contribution in [-0.2, 0) is 6.42 Å². The maximum absolute atomic E-state index is 6.15. The molecular formula is C29H52O. The van der Waals surface area contributed by atoms with Gasteiger partial charge in [0, 0.05) is 0 Å². The van der Waals surface area contributed by atoms with Crippen molar-refractivity contribution in [1.82, 2.24) is 0 Å². The highest BCUT2D eigenvalue weighted by Crippen LogP contribution is 2.19. The smallest absolute Gasteiger partial charge is 0.119 e. The van der Waals surface area contributed by atoms with Crippen molar-refractivity contribution in [2.75, 3.05) is 0 Å². The molecule has 0 amide bonds. The molecule has 0 aliphatic rings. The molecule has 0 aliphatic carbocycles. The summed E-state index contributed by atoms with van der Waals surface area (Å²) in [5, 5.41) is 0. The number of rotatable bonds is 21. The molecule has 0 saturated carbocycles. The van der Waals surface area contributed by atoms with Gasteiger partial charge in [-0.2, -0.15) is 0 Å². The fourth-order valence-electron chi connectivity index (χ4n) is 4.27. The van der Waals surface area contributed by atoms with Gasteiger partial charge in [0.25, 0.3) is 0 Å². The predicted octanol–water partition coefficient (Wildman–Crippen LogP) is 10.1. The third kappa shape index (κ3) is 15.8. The van der Waals surface area contributed by atoms with Crippen molar-refractivity contribution in [3.8, 4) is 5.75 Å². The number of ether oxygens (including phenoxy) is 1. The van der Waals surface area contributed by atoms with Gasteiger partial charge in [-0.05, 0) is 50.3 Å². The van der Waals surface area contributed by atoms with E-state index in [1.165, 1.54) is 128 Å². The van der Waals surface area contributed by atoms with Crippen molar-refractivity contribution in [2.24, 2.45) is 0 Å². The first-order chi connectivity index (χ1) is 14.8. The highest BCUT2D eigenvalue weighted by molar-refractivity contribution is 5.28.